The summed E-state index contributed by atoms with van der Waals surface area (Å²) in [6.45, 7) is 7.55. The number of amides is 1. The van der Waals surface area contributed by atoms with Gasteiger partial charge in [-0.05, 0) is 63.6 Å². The summed E-state index contributed by atoms with van der Waals surface area (Å²) in [6, 6.07) is 2.19. The van der Waals surface area contributed by atoms with Gasteiger partial charge in [-0.25, -0.2) is 9.97 Å². The summed E-state index contributed by atoms with van der Waals surface area (Å²) in [5.74, 6) is 2.25. The van der Waals surface area contributed by atoms with Gasteiger partial charge in [-0.15, -0.1) is 0 Å². The minimum absolute atomic E-state index is 0. The predicted molar refractivity (Wildman–Crippen MR) is 127 cm³/mol. The second-order valence-corrected chi connectivity index (χ2v) is 9.13. The molecule has 3 heterocycles. The average molecular weight is 429 g/mol. The summed E-state index contributed by atoms with van der Waals surface area (Å²) >= 11 is 0. The minimum atomic E-state index is -0.234. The maximum absolute atomic E-state index is 11.1. The number of aromatic nitrogens is 3. The molecule has 172 valence electrons. The molecule has 0 spiro atoms. The highest BCUT2D eigenvalue weighted by atomic mass is 16.1. The lowest BCUT2D eigenvalue weighted by Crippen LogP contribution is -2.40. The van der Waals surface area contributed by atoms with Gasteiger partial charge < -0.3 is 15.2 Å². The summed E-state index contributed by atoms with van der Waals surface area (Å²) in [5.41, 5.74) is 6.38. The Kier molecular flexibility index (Phi) is 8.29. The Labute approximate surface area is 187 Å². The van der Waals surface area contributed by atoms with Crippen LogP contribution in [0.5, 0.6) is 0 Å². The third kappa shape index (κ3) is 5.76. The zero-order chi connectivity index (χ0) is 20.9. The van der Waals surface area contributed by atoms with Gasteiger partial charge in [-0.1, -0.05) is 26.7 Å². The van der Waals surface area contributed by atoms with Gasteiger partial charge in [-0.3, -0.25) is 9.69 Å². The first-order valence-electron chi connectivity index (χ1n) is 11.7. The molecule has 1 saturated heterocycles. The summed E-state index contributed by atoms with van der Waals surface area (Å²) in [7, 11) is 0. The molecule has 0 radical (unpaired) electrons. The number of piperidine rings is 1. The van der Waals surface area contributed by atoms with E-state index in [9.17, 15) is 4.79 Å². The van der Waals surface area contributed by atoms with Gasteiger partial charge >= 0.3 is 0 Å². The SMILES string of the molecule is C.CCN(CC1CCCCC1)c1ncnc2c1ccn2CC1CCN(CC(N)=O)CC1. The molecule has 1 aliphatic carbocycles. The molecule has 2 aromatic heterocycles. The van der Waals surface area contributed by atoms with Gasteiger partial charge in [0.25, 0.3) is 0 Å². The average Bonchev–Trinajstić information content (AvgIpc) is 3.17. The summed E-state index contributed by atoms with van der Waals surface area (Å²) in [5, 5.41) is 1.17. The highest BCUT2D eigenvalue weighted by Gasteiger charge is 2.23. The van der Waals surface area contributed by atoms with Crippen LogP contribution in [0.15, 0.2) is 18.6 Å². The summed E-state index contributed by atoms with van der Waals surface area (Å²) < 4.78 is 2.30. The molecular weight excluding hydrogens is 388 g/mol. The fourth-order valence-corrected chi connectivity index (χ4v) is 5.26. The van der Waals surface area contributed by atoms with E-state index in [1.807, 2.05) is 0 Å². The quantitative estimate of drug-likeness (QED) is 0.694. The second kappa shape index (κ2) is 10.9. The number of hydrogen-bond donors (Lipinski definition) is 1. The van der Waals surface area contributed by atoms with Crippen LogP contribution in [0.3, 0.4) is 0 Å². The molecule has 1 aliphatic heterocycles. The molecule has 4 rings (SSSR count). The van der Waals surface area contributed by atoms with Crippen LogP contribution in [-0.4, -0.2) is 58.1 Å². The lowest BCUT2D eigenvalue weighted by molar-refractivity contribution is -0.119. The zero-order valence-electron chi connectivity index (χ0n) is 18.3. The van der Waals surface area contributed by atoms with Gasteiger partial charge in [0.1, 0.15) is 17.8 Å². The highest BCUT2D eigenvalue weighted by molar-refractivity contribution is 5.87. The summed E-state index contributed by atoms with van der Waals surface area (Å²) in [6.07, 6.45) is 12.9. The van der Waals surface area contributed by atoms with Crippen LogP contribution in [-0.2, 0) is 11.3 Å². The first-order valence-corrected chi connectivity index (χ1v) is 11.7. The molecule has 0 aromatic carbocycles. The number of carbonyl (C=O) groups excluding carboxylic acids is 1. The van der Waals surface area contributed by atoms with Gasteiger partial charge in [0, 0.05) is 25.8 Å². The topological polar surface area (TPSA) is 80.3 Å². The van der Waals surface area contributed by atoms with E-state index < -0.39 is 0 Å². The van der Waals surface area contributed by atoms with E-state index in [1.165, 1.54) is 37.5 Å². The molecule has 2 N–H and O–H groups in total. The fourth-order valence-electron chi connectivity index (χ4n) is 5.26. The standard InChI is InChI=1S/C23H36N6O.CH4/c1-2-28(14-18-6-4-3-5-7-18)22-20-10-13-29(23(20)26-17-25-22)15-19-8-11-27(12-9-19)16-21(24)30;/h10,13,17-19H,2-9,11-12,14-16H2,1H3,(H2,24,30);1H4. The second-order valence-electron chi connectivity index (χ2n) is 9.13. The van der Waals surface area contributed by atoms with E-state index >= 15 is 0 Å². The van der Waals surface area contributed by atoms with E-state index in [4.69, 9.17) is 10.7 Å². The summed E-state index contributed by atoms with van der Waals surface area (Å²) in [4.78, 5) is 25.1. The molecule has 2 aliphatic rings. The number of nitrogens with two attached hydrogens (primary N) is 1. The largest absolute Gasteiger partial charge is 0.369 e. The molecule has 0 unspecified atom stereocenters. The molecular formula is C24H40N6O. The monoisotopic (exact) mass is 428 g/mol. The lowest BCUT2D eigenvalue weighted by Gasteiger charge is -2.31. The molecule has 0 atom stereocenters. The minimum Gasteiger partial charge on any atom is -0.369 e. The van der Waals surface area contributed by atoms with Gasteiger partial charge in [0.05, 0.1) is 11.9 Å². The van der Waals surface area contributed by atoms with Gasteiger partial charge in [0.15, 0.2) is 0 Å². The van der Waals surface area contributed by atoms with Crippen molar-refractivity contribution in [1.29, 1.82) is 0 Å². The number of primary amides is 1. The molecule has 31 heavy (non-hydrogen) atoms. The van der Waals surface area contributed by atoms with Crippen LogP contribution in [0.25, 0.3) is 11.0 Å². The number of likely N-dealkylation sites (tertiary alicyclic amines) is 1. The molecule has 7 heteroatoms. The van der Waals surface area contributed by atoms with Crippen molar-refractivity contribution in [1.82, 2.24) is 19.4 Å². The molecule has 1 amide bonds. The third-order valence-corrected chi connectivity index (χ3v) is 6.96. The Hall–Kier alpha value is -2.15. The zero-order valence-corrected chi connectivity index (χ0v) is 18.3. The van der Waals surface area contributed by atoms with E-state index in [2.05, 4.69) is 38.5 Å². The highest BCUT2D eigenvalue weighted by Crippen LogP contribution is 2.30. The first kappa shape index (κ1) is 23.5. The van der Waals surface area contributed by atoms with Gasteiger partial charge in [0.2, 0.25) is 5.91 Å². The molecule has 7 nitrogen and oxygen atoms in total. The van der Waals surface area contributed by atoms with Crippen LogP contribution in [0, 0.1) is 11.8 Å². The number of carbonyl (C=O) groups is 1. The first-order chi connectivity index (χ1) is 14.6. The smallest absolute Gasteiger partial charge is 0.231 e. The van der Waals surface area contributed by atoms with Gasteiger partial charge in [-0.2, -0.15) is 0 Å². The lowest BCUT2D eigenvalue weighted by atomic mass is 9.89. The number of rotatable bonds is 8. The molecule has 0 bridgehead atoms. The predicted octanol–water partition coefficient (Wildman–Crippen LogP) is 3.67. The van der Waals surface area contributed by atoms with Crippen LogP contribution < -0.4 is 10.6 Å². The van der Waals surface area contributed by atoms with Crippen molar-refractivity contribution in [3.05, 3.63) is 18.6 Å². The van der Waals surface area contributed by atoms with E-state index in [-0.39, 0.29) is 13.3 Å². The van der Waals surface area contributed by atoms with Crippen LogP contribution in [0.1, 0.15) is 59.3 Å². The van der Waals surface area contributed by atoms with Crippen molar-refractivity contribution in [2.75, 3.05) is 37.6 Å². The normalized spacial score (nSPS) is 18.7. The Morgan fingerprint density at radius 3 is 2.55 bits per heavy atom. The number of nitrogens with zero attached hydrogens (tertiary/aromatic N) is 5. The van der Waals surface area contributed by atoms with Crippen LogP contribution in [0.2, 0.25) is 0 Å². The Morgan fingerprint density at radius 1 is 1.13 bits per heavy atom. The van der Waals surface area contributed by atoms with E-state index in [0.717, 1.165) is 62.9 Å². The van der Waals surface area contributed by atoms with Crippen molar-refractivity contribution >= 4 is 22.8 Å². The van der Waals surface area contributed by atoms with E-state index in [1.54, 1.807) is 6.33 Å². The van der Waals surface area contributed by atoms with Crippen LogP contribution in [0.4, 0.5) is 5.82 Å². The van der Waals surface area contributed by atoms with Crippen molar-refractivity contribution < 1.29 is 4.79 Å². The molecule has 2 aromatic rings. The van der Waals surface area contributed by atoms with Crippen LogP contribution >= 0.6 is 0 Å². The van der Waals surface area contributed by atoms with E-state index in [0.29, 0.717) is 12.5 Å². The van der Waals surface area contributed by atoms with Crippen molar-refractivity contribution in [3.63, 3.8) is 0 Å². The molecule has 2 fully saturated rings. The van der Waals surface area contributed by atoms with Crippen molar-refractivity contribution in [3.8, 4) is 0 Å². The number of hydrogen-bond acceptors (Lipinski definition) is 5. The number of fused-ring (bicyclic) bond motifs is 1. The molecule has 1 saturated carbocycles. The Morgan fingerprint density at radius 2 is 1.87 bits per heavy atom. The fraction of sp³-hybridized carbons (Fsp3) is 0.708. The Bertz CT molecular complexity index is 836. The Balaban J connectivity index is 0.00000272. The maximum Gasteiger partial charge on any atom is 0.231 e. The number of anilines is 1. The van der Waals surface area contributed by atoms with Crippen molar-refractivity contribution in [2.24, 2.45) is 17.6 Å². The third-order valence-electron chi connectivity index (χ3n) is 6.96. The maximum atomic E-state index is 11.1. The van der Waals surface area contributed by atoms with Crippen molar-refractivity contribution in [2.45, 2.75) is 65.8 Å².